The monoisotopic (exact) mass is 223 g/mol. The number of hydrogen-bond donors (Lipinski definition) is 0. The predicted octanol–water partition coefficient (Wildman–Crippen LogP) is 4.30. The van der Waals surface area contributed by atoms with Crippen LogP contribution in [0.2, 0.25) is 0 Å². The van der Waals surface area contributed by atoms with Gasteiger partial charge in [0.25, 0.3) is 0 Å². The van der Waals surface area contributed by atoms with Crippen LogP contribution in [0, 0.1) is 0 Å². The molecule has 1 radical (unpaired) electrons. The Kier molecular flexibility index (Phi) is 7.51. The Balaban J connectivity index is 1.93. The van der Waals surface area contributed by atoms with Crippen LogP contribution in [0.3, 0.4) is 0 Å². The molecule has 0 unspecified atom stereocenters. The zero-order valence-corrected chi connectivity index (χ0v) is 10.4. The van der Waals surface area contributed by atoms with Gasteiger partial charge in [0.1, 0.15) is 0 Å². The quantitative estimate of drug-likeness (QED) is 0.471. The normalized spacial score (nSPS) is 11.3. The minimum atomic E-state index is 0.920. The van der Waals surface area contributed by atoms with Crippen LogP contribution in [-0.2, 0) is 10.9 Å². The fourth-order valence-corrected chi connectivity index (χ4v) is 2.00. The molecule has 0 saturated carbocycles. The summed E-state index contributed by atoms with van der Waals surface area (Å²) in [7, 11) is 1.15. The minimum absolute atomic E-state index is 0.920. The average Bonchev–Trinajstić information content (AvgIpc) is 2.29. The lowest BCUT2D eigenvalue weighted by molar-refractivity contribution is 0.351. The highest BCUT2D eigenvalue weighted by molar-refractivity contribution is 7.32. The summed E-state index contributed by atoms with van der Waals surface area (Å²) in [6.45, 7) is 3.11. The van der Waals surface area contributed by atoms with E-state index in [1.807, 2.05) is 0 Å². The summed E-state index contributed by atoms with van der Waals surface area (Å²) in [6, 6.07) is 10.6. The van der Waals surface area contributed by atoms with Crippen molar-refractivity contribution in [3.63, 3.8) is 0 Å². The van der Waals surface area contributed by atoms with Crippen LogP contribution < -0.4 is 0 Å². The highest BCUT2D eigenvalue weighted by Crippen LogP contribution is 2.15. The molecule has 0 aromatic heterocycles. The molecule has 2 heteroatoms. The third kappa shape index (κ3) is 6.65. The van der Waals surface area contributed by atoms with Crippen molar-refractivity contribution in [2.75, 3.05) is 12.8 Å². The van der Waals surface area contributed by atoms with Crippen LogP contribution in [0.1, 0.15) is 31.7 Å². The maximum Gasteiger partial charge on any atom is 0.0813 e. The molecule has 1 aromatic carbocycles. The molecule has 0 atom stereocenters. The maximum atomic E-state index is 5.48. The van der Waals surface area contributed by atoms with E-state index in [1.165, 1.54) is 31.2 Å². The van der Waals surface area contributed by atoms with Crippen LogP contribution in [0.15, 0.2) is 30.3 Å². The van der Waals surface area contributed by atoms with Crippen LogP contribution in [0.4, 0.5) is 0 Å². The van der Waals surface area contributed by atoms with Gasteiger partial charge in [-0.15, -0.1) is 0 Å². The standard InChI is InChI=1S/C13H20OP/c1-2-3-11-14-15-12-7-10-13-8-5-4-6-9-13/h4-6,8-9H,2-3,7,10-12H2,1H3. The summed E-state index contributed by atoms with van der Waals surface area (Å²) in [5.41, 5.74) is 1.43. The third-order valence-electron chi connectivity index (χ3n) is 2.24. The largest absolute Gasteiger partial charge is 0.352 e. The van der Waals surface area contributed by atoms with Crippen LogP contribution in [0.5, 0.6) is 0 Å². The minimum Gasteiger partial charge on any atom is -0.352 e. The lowest BCUT2D eigenvalue weighted by atomic mass is 10.1. The SMILES string of the molecule is CCCCO[P]CCCc1ccccc1. The van der Waals surface area contributed by atoms with Crippen LogP contribution in [-0.4, -0.2) is 12.8 Å². The lowest BCUT2D eigenvalue weighted by Crippen LogP contribution is -1.88. The summed E-state index contributed by atoms with van der Waals surface area (Å²) in [4.78, 5) is 0. The number of aryl methyl sites for hydroxylation is 1. The van der Waals surface area contributed by atoms with Crippen molar-refractivity contribution in [3.05, 3.63) is 35.9 Å². The van der Waals surface area contributed by atoms with Crippen molar-refractivity contribution < 1.29 is 4.52 Å². The van der Waals surface area contributed by atoms with E-state index in [4.69, 9.17) is 4.52 Å². The van der Waals surface area contributed by atoms with E-state index in [-0.39, 0.29) is 0 Å². The van der Waals surface area contributed by atoms with Crippen molar-refractivity contribution in [2.45, 2.75) is 32.6 Å². The zero-order chi connectivity index (χ0) is 10.8. The fraction of sp³-hybridized carbons (Fsp3) is 0.538. The molecule has 0 aliphatic carbocycles. The van der Waals surface area contributed by atoms with Crippen LogP contribution in [0.25, 0.3) is 0 Å². The van der Waals surface area contributed by atoms with Crippen molar-refractivity contribution >= 4 is 8.81 Å². The van der Waals surface area contributed by atoms with Gasteiger partial charge in [-0.2, -0.15) is 0 Å². The van der Waals surface area contributed by atoms with E-state index in [0.717, 1.165) is 21.6 Å². The Hall–Kier alpha value is -0.390. The molecular formula is C13H20OP. The molecule has 0 aliphatic rings. The van der Waals surface area contributed by atoms with Gasteiger partial charge in [-0.1, -0.05) is 43.7 Å². The Bertz CT molecular complexity index is 236. The van der Waals surface area contributed by atoms with E-state index in [9.17, 15) is 0 Å². The second-order valence-corrected chi connectivity index (χ2v) is 4.59. The van der Waals surface area contributed by atoms with Crippen molar-refractivity contribution in [1.29, 1.82) is 0 Å². The highest BCUT2D eigenvalue weighted by atomic mass is 31.1. The average molecular weight is 223 g/mol. The first-order chi connectivity index (χ1) is 7.43. The second-order valence-electron chi connectivity index (χ2n) is 3.63. The summed E-state index contributed by atoms with van der Waals surface area (Å²) in [6.07, 6.45) is 5.95. The Morgan fingerprint density at radius 2 is 1.93 bits per heavy atom. The molecule has 0 saturated heterocycles. The summed E-state index contributed by atoms with van der Waals surface area (Å²) >= 11 is 0. The first kappa shape index (κ1) is 12.7. The molecule has 0 aliphatic heterocycles. The van der Waals surface area contributed by atoms with Gasteiger partial charge in [-0.05, 0) is 31.0 Å². The van der Waals surface area contributed by atoms with Gasteiger partial charge in [0.15, 0.2) is 0 Å². The predicted molar refractivity (Wildman–Crippen MR) is 67.4 cm³/mol. The van der Waals surface area contributed by atoms with E-state index in [2.05, 4.69) is 37.3 Å². The van der Waals surface area contributed by atoms with E-state index in [0.29, 0.717) is 0 Å². The first-order valence-electron chi connectivity index (χ1n) is 5.76. The number of unbranched alkanes of at least 4 members (excludes halogenated alkanes) is 1. The molecule has 0 N–H and O–H groups in total. The molecule has 15 heavy (non-hydrogen) atoms. The van der Waals surface area contributed by atoms with Gasteiger partial charge < -0.3 is 4.52 Å². The van der Waals surface area contributed by atoms with E-state index >= 15 is 0 Å². The number of hydrogen-bond acceptors (Lipinski definition) is 1. The summed E-state index contributed by atoms with van der Waals surface area (Å²) in [5.74, 6) is 0. The van der Waals surface area contributed by atoms with Crippen molar-refractivity contribution in [3.8, 4) is 0 Å². The van der Waals surface area contributed by atoms with Gasteiger partial charge in [0, 0.05) is 0 Å². The molecule has 1 nitrogen and oxygen atoms in total. The zero-order valence-electron chi connectivity index (χ0n) is 9.48. The Morgan fingerprint density at radius 3 is 2.67 bits per heavy atom. The maximum absolute atomic E-state index is 5.48. The molecule has 0 spiro atoms. The van der Waals surface area contributed by atoms with Crippen molar-refractivity contribution in [2.24, 2.45) is 0 Å². The fourth-order valence-electron chi connectivity index (χ4n) is 1.33. The lowest BCUT2D eigenvalue weighted by Gasteiger charge is -2.02. The summed E-state index contributed by atoms with van der Waals surface area (Å²) in [5, 5.41) is 0. The molecule has 0 bridgehead atoms. The molecule has 0 amide bonds. The van der Waals surface area contributed by atoms with Gasteiger partial charge in [-0.3, -0.25) is 0 Å². The molecule has 0 fully saturated rings. The number of rotatable bonds is 8. The van der Waals surface area contributed by atoms with Gasteiger partial charge >= 0.3 is 0 Å². The second kappa shape index (κ2) is 8.88. The van der Waals surface area contributed by atoms with Gasteiger partial charge in [0.05, 0.1) is 15.4 Å². The molecule has 83 valence electrons. The summed E-state index contributed by atoms with van der Waals surface area (Å²) < 4.78 is 5.48. The molecule has 1 rings (SSSR count). The molecule has 0 heterocycles. The van der Waals surface area contributed by atoms with Crippen molar-refractivity contribution in [1.82, 2.24) is 0 Å². The third-order valence-corrected chi connectivity index (χ3v) is 3.10. The topological polar surface area (TPSA) is 9.23 Å². The van der Waals surface area contributed by atoms with Crippen LogP contribution >= 0.6 is 8.81 Å². The first-order valence-corrected chi connectivity index (χ1v) is 6.76. The van der Waals surface area contributed by atoms with E-state index < -0.39 is 0 Å². The van der Waals surface area contributed by atoms with E-state index in [1.54, 1.807) is 0 Å². The highest BCUT2D eigenvalue weighted by Gasteiger charge is 1.93. The smallest absolute Gasteiger partial charge is 0.0813 e. The Morgan fingerprint density at radius 1 is 1.13 bits per heavy atom. The van der Waals surface area contributed by atoms with Gasteiger partial charge in [0.2, 0.25) is 0 Å². The Labute approximate surface area is 95.1 Å². The molecular weight excluding hydrogens is 203 g/mol. The number of benzene rings is 1. The van der Waals surface area contributed by atoms with Gasteiger partial charge in [-0.25, -0.2) is 0 Å². The molecule has 1 aromatic rings.